The van der Waals surface area contributed by atoms with E-state index in [1.807, 2.05) is 57.2 Å². The maximum atomic E-state index is 12.5. The van der Waals surface area contributed by atoms with E-state index in [1.165, 1.54) is 11.8 Å². The zero-order valence-electron chi connectivity index (χ0n) is 24.0. The Morgan fingerprint density at radius 1 is 1.07 bits per heavy atom. The van der Waals surface area contributed by atoms with Gasteiger partial charge in [-0.05, 0) is 55.5 Å². The molecule has 3 rings (SSSR count). The number of halogens is 2. The molecule has 40 heavy (non-hydrogen) atoms. The number of nitrogens with zero attached hydrogens (tertiary/aromatic N) is 3. The van der Waals surface area contributed by atoms with E-state index in [1.54, 1.807) is 0 Å². The Balaban J connectivity index is 1.47. The number of ether oxygens (including phenoxy) is 2. The monoisotopic (exact) mass is 592 g/mol. The van der Waals surface area contributed by atoms with Crippen molar-refractivity contribution >= 4 is 46.5 Å². The smallest absolute Gasteiger partial charge is 0.324 e. The van der Waals surface area contributed by atoms with Gasteiger partial charge in [-0.1, -0.05) is 56.1 Å². The second kappa shape index (κ2) is 15.5. The van der Waals surface area contributed by atoms with Gasteiger partial charge in [-0.3, -0.25) is 19.4 Å². The Kier molecular flexibility index (Phi) is 12.4. The van der Waals surface area contributed by atoms with Gasteiger partial charge < -0.3 is 20.1 Å². The number of rotatable bonds is 13. The molecule has 2 N–H and O–H groups in total. The predicted molar refractivity (Wildman–Crippen MR) is 163 cm³/mol. The Morgan fingerprint density at radius 3 is 2.45 bits per heavy atom. The van der Waals surface area contributed by atoms with Crippen LogP contribution in [0.25, 0.3) is 0 Å². The third kappa shape index (κ3) is 8.74. The van der Waals surface area contributed by atoms with Crippen LogP contribution in [0.3, 0.4) is 0 Å². The van der Waals surface area contributed by atoms with Crippen LogP contribution < -0.4 is 20.3 Å². The lowest BCUT2D eigenvalue weighted by Gasteiger charge is -2.36. The summed E-state index contributed by atoms with van der Waals surface area (Å²) in [5.74, 6) is -0.133. The van der Waals surface area contributed by atoms with Crippen LogP contribution in [-0.2, 0) is 20.7 Å². The van der Waals surface area contributed by atoms with Gasteiger partial charge in [-0.15, -0.1) is 0 Å². The molecule has 0 aliphatic carbocycles. The van der Waals surface area contributed by atoms with E-state index in [-0.39, 0.29) is 18.6 Å². The number of hydrogen-bond acceptors (Lipinski definition) is 7. The molecular formula is C30H42Cl2N4O4. The molecule has 1 aliphatic heterocycles. The van der Waals surface area contributed by atoms with Crippen molar-refractivity contribution in [3.8, 4) is 5.75 Å². The highest BCUT2D eigenvalue weighted by atomic mass is 35.5. The number of anilines is 2. The number of carbonyl (C=O) groups is 2. The number of amides is 1. The number of unbranched alkanes of at least 4 members (excludes halogenated alkanes) is 1. The van der Waals surface area contributed by atoms with Gasteiger partial charge in [0.1, 0.15) is 11.8 Å². The minimum Gasteiger partial charge on any atom is -0.494 e. The van der Waals surface area contributed by atoms with Crippen molar-refractivity contribution in [1.29, 1.82) is 0 Å². The Morgan fingerprint density at radius 2 is 1.80 bits per heavy atom. The quantitative estimate of drug-likeness (QED) is 0.190. The van der Waals surface area contributed by atoms with Crippen molar-refractivity contribution in [2.24, 2.45) is 11.7 Å². The van der Waals surface area contributed by atoms with Crippen LogP contribution in [-0.4, -0.2) is 68.9 Å². The van der Waals surface area contributed by atoms with Gasteiger partial charge in [0.2, 0.25) is 5.91 Å². The SMILES string of the molecule is CCc1ccc(OCCCCN2CCN(c3cccc(Cl)c3Cl)CC2)cc1N(COC(=O)C(N)C(C)C)C(C)=O. The molecule has 10 heteroatoms. The highest BCUT2D eigenvalue weighted by molar-refractivity contribution is 6.43. The lowest BCUT2D eigenvalue weighted by Crippen LogP contribution is -2.46. The second-order valence-electron chi connectivity index (χ2n) is 10.4. The first-order valence-corrected chi connectivity index (χ1v) is 14.7. The van der Waals surface area contributed by atoms with Crippen molar-refractivity contribution < 1.29 is 19.1 Å². The molecule has 1 saturated heterocycles. The van der Waals surface area contributed by atoms with Crippen LogP contribution in [0, 0.1) is 5.92 Å². The molecule has 0 saturated carbocycles. The molecule has 0 aromatic heterocycles. The summed E-state index contributed by atoms with van der Waals surface area (Å²) in [6.45, 7) is 12.3. The van der Waals surface area contributed by atoms with Crippen LogP contribution in [0.2, 0.25) is 10.0 Å². The molecule has 1 aliphatic rings. The normalized spacial score (nSPS) is 14.8. The van der Waals surface area contributed by atoms with E-state index in [2.05, 4.69) is 9.80 Å². The van der Waals surface area contributed by atoms with Crippen LogP contribution >= 0.6 is 23.2 Å². The number of hydrogen-bond donors (Lipinski definition) is 1. The molecule has 0 spiro atoms. The summed E-state index contributed by atoms with van der Waals surface area (Å²) >= 11 is 12.6. The Hall–Kier alpha value is -2.52. The highest BCUT2D eigenvalue weighted by Gasteiger charge is 2.23. The summed E-state index contributed by atoms with van der Waals surface area (Å²) in [5.41, 5.74) is 8.53. The number of carbonyl (C=O) groups excluding carboxylic acids is 2. The lowest BCUT2D eigenvalue weighted by atomic mass is 10.1. The summed E-state index contributed by atoms with van der Waals surface area (Å²) in [6, 6.07) is 10.7. The molecule has 8 nitrogen and oxygen atoms in total. The summed E-state index contributed by atoms with van der Waals surface area (Å²) in [4.78, 5) is 30.9. The molecular weight excluding hydrogens is 551 g/mol. The molecule has 1 amide bonds. The molecule has 1 atom stereocenters. The maximum absolute atomic E-state index is 12.5. The predicted octanol–water partition coefficient (Wildman–Crippen LogP) is 5.37. The Labute approximate surface area is 248 Å². The van der Waals surface area contributed by atoms with E-state index in [9.17, 15) is 9.59 Å². The first-order valence-electron chi connectivity index (χ1n) is 14.0. The number of piperazine rings is 1. The van der Waals surface area contributed by atoms with Crippen LogP contribution in [0.4, 0.5) is 11.4 Å². The number of nitrogens with two attached hydrogens (primary N) is 1. The molecule has 1 fully saturated rings. The van der Waals surface area contributed by atoms with Crippen LogP contribution in [0.5, 0.6) is 5.75 Å². The fourth-order valence-electron chi connectivity index (χ4n) is 4.59. The van der Waals surface area contributed by atoms with E-state index >= 15 is 0 Å². The summed E-state index contributed by atoms with van der Waals surface area (Å²) in [6.07, 6.45) is 2.64. The average Bonchev–Trinajstić information content (AvgIpc) is 2.94. The van der Waals surface area contributed by atoms with Gasteiger partial charge >= 0.3 is 5.97 Å². The number of aryl methyl sites for hydroxylation is 1. The van der Waals surface area contributed by atoms with Crippen molar-refractivity contribution in [3.63, 3.8) is 0 Å². The van der Waals surface area contributed by atoms with Gasteiger partial charge in [-0.25, -0.2) is 0 Å². The summed E-state index contributed by atoms with van der Waals surface area (Å²) in [7, 11) is 0. The zero-order valence-corrected chi connectivity index (χ0v) is 25.5. The Bertz CT molecular complexity index is 1140. The van der Waals surface area contributed by atoms with Crippen molar-refractivity contribution in [1.82, 2.24) is 4.90 Å². The summed E-state index contributed by atoms with van der Waals surface area (Å²) < 4.78 is 11.4. The van der Waals surface area contributed by atoms with E-state index in [0.717, 1.165) is 63.2 Å². The molecule has 0 bridgehead atoms. The fourth-order valence-corrected chi connectivity index (χ4v) is 5.00. The maximum Gasteiger partial charge on any atom is 0.324 e. The number of benzene rings is 2. The highest BCUT2D eigenvalue weighted by Crippen LogP contribution is 2.33. The van der Waals surface area contributed by atoms with E-state index < -0.39 is 12.0 Å². The zero-order chi connectivity index (χ0) is 29.2. The summed E-state index contributed by atoms with van der Waals surface area (Å²) in [5, 5.41) is 1.20. The molecule has 2 aromatic rings. The van der Waals surface area contributed by atoms with Crippen LogP contribution in [0.15, 0.2) is 36.4 Å². The van der Waals surface area contributed by atoms with Crippen molar-refractivity contribution in [2.75, 3.05) is 55.9 Å². The van der Waals surface area contributed by atoms with Gasteiger partial charge in [0, 0.05) is 39.2 Å². The van der Waals surface area contributed by atoms with E-state index in [4.69, 9.17) is 38.4 Å². The molecule has 220 valence electrons. The topological polar surface area (TPSA) is 88.3 Å². The molecule has 0 radical (unpaired) electrons. The third-order valence-electron chi connectivity index (χ3n) is 7.22. The van der Waals surface area contributed by atoms with Gasteiger partial charge in [0.15, 0.2) is 6.73 Å². The van der Waals surface area contributed by atoms with Gasteiger partial charge in [0.25, 0.3) is 0 Å². The first kappa shape index (κ1) is 32.0. The van der Waals surface area contributed by atoms with Crippen LogP contribution in [0.1, 0.15) is 46.1 Å². The first-order chi connectivity index (χ1) is 19.1. The van der Waals surface area contributed by atoms with Crippen molar-refractivity contribution in [2.45, 2.75) is 53.0 Å². The van der Waals surface area contributed by atoms with Gasteiger partial charge in [0.05, 0.1) is 28.0 Å². The van der Waals surface area contributed by atoms with Crippen molar-refractivity contribution in [3.05, 3.63) is 52.0 Å². The largest absolute Gasteiger partial charge is 0.494 e. The lowest BCUT2D eigenvalue weighted by molar-refractivity contribution is -0.146. The minimum atomic E-state index is -0.737. The molecule has 2 aromatic carbocycles. The minimum absolute atomic E-state index is 0.0566. The standard InChI is InChI=1S/C30H42Cl2N4O4/c1-5-23-11-12-24(19-27(23)36(22(4)37)20-40-30(38)29(33)21(2)3)39-18-7-6-13-34-14-16-35(17-15-34)26-10-8-9-25(31)28(26)32/h8-12,19,21,29H,5-7,13-18,20,33H2,1-4H3. The molecule has 1 heterocycles. The second-order valence-corrected chi connectivity index (χ2v) is 11.2. The van der Waals surface area contributed by atoms with Gasteiger partial charge in [-0.2, -0.15) is 0 Å². The number of esters is 1. The fraction of sp³-hybridized carbons (Fsp3) is 0.533. The average molecular weight is 594 g/mol. The van der Waals surface area contributed by atoms with E-state index in [0.29, 0.717) is 28.1 Å². The third-order valence-corrected chi connectivity index (χ3v) is 8.03. The molecule has 1 unspecified atom stereocenters.